The molecule has 6 heteroatoms. The predicted molar refractivity (Wildman–Crippen MR) is 125 cm³/mol. The van der Waals surface area contributed by atoms with Gasteiger partial charge in [-0.3, -0.25) is 9.69 Å². The number of aromatic nitrogens is 2. The molecule has 3 aromatic heterocycles. The number of pyridine rings is 1. The summed E-state index contributed by atoms with van der Waals surface area (Å²) in [6, 6.07) is 7.35. The lowest BCUT2D eigenvalue weighted by Crippen LogP contribution is -2.44. The number of piperidine rings is 1. The average Bonchev–Trinajstić information content (AvgIpc) is 3.34. The Hall–Kier alpha value is -2.18. The fourth-order valence-corrected chi connectivity index (χ4v) is 5.98. The van der Waals surface area contributed by atoms with Gasteiger partial charge in [0.15, 0.2) is 0 Å². The molecule has 1 aliphatic heterocycles. The van der Waals surface area contributed by atoms with Crippen molar-refractivity contribution in [1.82, 2.24) is 19.8 Å². The van der Waals surface area contributed by atoms with Crippen molar-refractivity contribution in [2.45, 2.75) is 65.5 Å². The molecule has 1 amide bonds. The Morgan fingerprint density at radius 1 is 1.20 bits per heavy atom. The Bertz CT molecular complexity index is 1010. The second-order valence-electron chi connectivity index (χ2n) is 8.61. The minimum absolute atomic E-state index is 0.00139. The molecule has 0 saturated carbocycles. The third kappa shape index (κ3) is 4.16. The Kier molecular flexibility index (Phi) is 6.25. The SMILES string of the molecule is Cc1cc(C)c2c(-n3cccc3)c(C(=O)NCCCN3[C@H](C)CCC[C@H]3C)sc2n1. The normalized spacial score (nSPS) is 20.0. The van der Waals surface area contributed by atoms with Gasteiger partial charge in [0, 0.05) is 48.6 Å². The number of carbonyl (C=O) groups is 1. The van der Waals surface area contributed by atoms with Gasteiger partial charge in [0.1, 0.15) is 9.71 Å². The maximum Gasteiger partial charge on any atom is 0.263 e. The van der Waals surface area contributed by atoms with E-state index in [9.17, 15) is 4.79 Å². The zero-order valence-corrected chi connectivity index (χ0v) is 19.3. The van der Waals surface area contributed by atoms with Crippen molar-refractivity contribution < 1.29 is 4.79 Å². The molecule has 0 bridgehead atoms. The first-order valence-corrected chi connectivity index (χ1v) is 11.9. The minimum atomic E-state index is -0.00139. The summed E-state index contributed by atoms with van der Waals surface area (Å²) >= 11 is 1.49. The predicted octanol–water partition coefficient (Wildman–Crippen LogP) is 5.09. The van der Waals surface area contributed by atoms with Crippen LogP contribution in [-0.4, -0.2) is 45.5 Å². The molecular weight excluding hydrogens is 392 g/mol. The molecule has 4 rings (SSSR count). The number of hydrogen-bond donors (Lipinski definition) is 1. The lowest BCUT2D eigenvalue weighted by Gasteiger charge is -2.39. The van der Waals surface area contributed by atoms with Crippen molar-refractivity contribution in [3.8, 4) is 5.69 Å². The monoisotopic (exact) mass is 424 g/mol. The second kappa shape index (κ2) is 8.90. The van der Waals surface area contributed by atoms with E-state index in [1.54, 1.807) is 0 Å². The number of fused-ring (bicyclic) bond motifs is 1. The zero-order chi connectivity index (χ0) is 21.3. The number of carbonyl (C=O) groups excluding carboxylic acids is 1. The Morgan fingerprint density at radius 3 is 2.60 bits per heavy atom. The van der Waals surface area contributed by atoms with E-state index < -0.39 is 0 Å². The van der Waals surface area contributed by atoms with E-state index in [1.807, 2.05) is 36.0 Å². The Balaban J connectivity index is 1.51. The van der Waals surface area contributed by atoms with Crippen molar-refractivity contribution in [3.05, 3.63) is 46.7 Å². The first-order valence-electron chi connectivity index (χ1n) is 11.0. The quantitative estimate of drug-likeness (QED) is 0.561. The topological polar surface area (TPSA) is 50.2 Å². The first-order chi connectivity index (χ1) is 14.5. The molecule has 160 valence electrons. The van der Waals surface area contributed by atoms with Gasteiger partial charge >= 0.3 is 0 Å². The van der Waals surface area contributed by atoms with Gasteiger partial charge in [-0.05, 0) is 70.7 Å². The highest BCUT2D eigenvalue weighted by molar-refractivity contribution is 7.21. The van der Waals surface area contributed by atoms with Crippen molar-refractivity contribution in [1.29, 1.82) is 0 Å². The van der Waals surface area contributed by atoms with E-state index in [1.165, 1.54) is 30.6 Å². The number of nitrogens with zero attached hydrogens (tertiary/aromatic N) is 3. The second-order valence-corrected chi connectivity index (χ2v) is 9.61. The molecule has 0 aromatic carbocycles. The van der Waals surface area contributed by atoms with Crippen molar-refractivity contribution in [2.75, 3.05) is 13.1 Å². The van der Waals surface area contributed by atoms with Crippen LogP contribution in [0.15, 0.2) is 30.6 Å². The number of rotatable bonds is 6. The van der Waals surface area contributed by atoms with Gasteiger partial charge in [-0.15, -0.1) is 11.3 Å². The maximum absolute atomic E-state index is 13.2. The summed E-state index contributed by atoms with van der Waals surface area (Å²) in [5.74, 6) is -0.00139. The first kappa shape index (κ1) is 21.1. The van der Waals surface area contributed by atoms with Crippen LogP contribution in [-0.2, 0) is 0 Å². The Morgan fingerprint density at radius 2 is 1.90 bits per heavy atom. The molecule has 2 atom stereocenters. The highest BCUT2D eigenvalue weighted by Gasteiger charge is 2.25. The van der Waals surface area contributed by atoms with Crippen LogP contribution in [0, 0.1) is 13.8 Å². The molecule has 0 aliphatic carbocycles. The third-order valence-electron chi connectivity index (χ3n) is 6.29. The molecule has 30 heavy (non-hydrogen) atoms. The van der Waals surface area contributed by atoms with Crippen LogP contribution in [0.25, 0.3) is 15.9 Å². The summed E-state index contributed by atoms with van der Waals surface area (Å²) in [5, 5.41) is 4.24. The van der Waals surface area contributed by atoms with Crippen molar-refractivity contribution in [2.24, 2.45) is 0 Å². The minimum Gasteiger partial charge on any atom is -0.351 e. The summed E-state index contributed by atoms with van der Waals surface area (Å²) in [7, 11) is 0. The van der Waals surface area contributed by atoms with E-state index in [0.717, 1.165) is 45.0 Å². The molecule has 1 saturated heterocycles. The zero-order valence-electron chi connectivity index (χ0n) is 18.4. The number of thiophene rings is 1. The van der Waals surface area contributed by atoms with Crippen LogP contribution in [0.5, 0.6) is 0 Å². The highest BCUT2D eigenvalue weighted by Crippen LogP contribution is 2.35. The largest absolute Gasteiger partial charge is 0.351 e. The summed E-state index contributed by atoms with van der Waals surface area (Å²) < 4.78 is 2.04. The van der Waals surface area contributed by atoms with Gasteiger partial charge in [-0.1, -0.05) is 6.42 Å². The molecule has 0 spiro atoms. The number of amides is 1. The summed E-state index contributed by atoms with van der Waals surface area (Å²) in [6.07, 6.45) is 8.86. The van der Waals surface area contributed by atoms with E-state index in [0.29, 0.717) is 18.6 Å². The fourth-order valence-electron chi connectivity index (χ4n) is 4.77. The van der Waals surface area contributed by atoms with Gasteiger partial charge in [0.2, 0.25) is 0 Å². The summed E-state index contributed by atoms with van der Waals surface area (Å²) in [6.45, 7) is 10.5. The van der Waals surface area contributed by atoms with Crippen LogP contribution in [0.3, 0.4) is 0 Å². The van der Waals surface area contributed by atoms with Crippen LogP contribution in [0.4, 0.5) is 0 Å². The van der Waals surface area contributed by atoms with Gasteiger partial charge < -0.3 is 9.88 Å². The standard InChI is InChI=1S/C24H32N4OS/c1-16-15-17(2)26-24-20(16)21(27-12-5-6-13-27)22(30-24)23(29)25-11-8-14-28-18(3)9-7-10-19(28)4/h5-6,12-13,15,18-19H,7-11,14H2,1-4H3,(H,25,29)/t18-,19-/m1/s1. The van der Waals surface area contributed by atoms with Gasteiger partial charge in [-0.2, -0.15) is 0 Å². The molecule has 0 radical (unpaired) electrons. The van der Waals surface area contributed by atoms with E-state index in [4.69, 9.17) is 4.98 Å². The lowest BCUT2D eigenvalue weighted by molar-refractivity contribution is 0.0929. The van der Waals surface area contributed by atoms with Crippen molar-refractivity contribution in [3.63, 3.8) is 0 Å². The molecule has 4 heterocycles. The van der Waals surface area contributed by atoms with Crippen LogP contribution in [0.1, 0.15) is 60.5 Å². The van der Waals surface area contributed by atoms with Gasteiger partial charge in [0.05, 0.1) is 5.69 Å². The van der Waals surface area contributed by atoms with E-state index in [-0.39, 0.29) is 5.91 Å². The molecule has 1 fully saturated rings. The summed E-state index contributed by atoms with van der Waals surface area (Å²) in [4.78, 5) is 22.1. The maximum atomic E-state index is 13.2. The number of likely N-dealkylation sites (tertiary alicyclic amines) is 1. The lowest BCUT2D eigenvalue weighted by atomic mass is 9.97. The Labute approximate surface area is 183 Å². The van der Waals surface area contributed by atoms with E-state index in [2.05, 4.69) is 37.1 Å². The fraction of sp³-hybridized carbons (Fsp3) is 0.500. The number of nitrogens with one attached hydrogen (secondary N) is 1. The molecule has 1 N–H and O–H groups in total. The van der Waals surface area contributed by atoms with Crippen LogP contribution < -0.4 is 5.32 Å². The molecule has 5 nitrogen and oxygen atoms in total. The van der Waals surface area contributed by atoms with Gasteiger partial charge in [-0.25, -0.2) is 4.98 Å². The summed E-state index contributed by atoms with van der Waals surface area (Å²) in [5.41, 5.74) is 3.09. The number of aryl methyl sites for hydroxylation is 2. The van der Waals surface area contributed by atoms with Crippen LogP contribution >= 0.6 is 11.3 Å². The smallest absolute Gasteiger partial charge is 0.263 e. The van der Waals surface area contributed by atoms with Crippen LogP contribution in [0.2, 0.25) is 0 Å². The molecule has 1 aliphatic rings. The molecular formula is C24H32N4OS. The third-order valence-corrected chi connectivity index (χ3v) is 7.36. The molecule has 3 aromatic rings. The number of hydrogen-bond acceptors (Lipinski definition) is 4. The van der Waals surface area contributed by atoms with Gasteiger partial charge in [0.25, 0.3) is 5.91 Å². The van der Waals surface area contributed by atoms with E-state index >= 15 is 0 Å². The molecule has 0 unspecified atom stereocenters. The van der Waals surface area contributed by atoms with Crippen molar-refractivity contribution >= 4 is 27.5 Å². The average molecular weight is 425 g/mol. The highest BCUT2D eigenvalue weighted by atomic mass is 32.1.